The van der Waals surface area contributed by atoms with Crippen molar-refractivity contribution in [1.29, 1.82) is 0 Å². The lowest BCUT2D eigenvalue weighted by Gasteiger charge is -2.09. The van der Waals surface area contributed by atoms with Gasteiger partial charge in [-0.05, 0) is 17.7 Å². The molecule has 0 fully saturated rings. The van der Waals surface area contributed by atoms with Crippen LogP contribution in [0.2, 0.25) is 0 Å². The smallest absolute Gasteiger partial charge is 0.289 e. The van der Waals surface area contributed by atoms with Crippen LogP contribution in [-0.4, -0.2) is 32.5 Å². The number of ether oxygens (including phenoxy) is 1. The van der Waals surface area contributed by atoms with E-state index in [-0.39, 0.29) is 53.9 Å². The van der Waals surface area contributed by atoms with Crippen molar-refractivity contribution in [2.45, 2.75) is 19.5 Å². The van der Waals surface area contributed by atoms with Gasteiger partial charge in [-0.2, -0.15) is 0 Å². The van der Waals surface area contributed by atoms with Gasteiger partial charge in [-0.15, -0.1) is 0 Å². The van der Waals surface area contributed by atoms with E-state index in [1.54, 1.807) is 18.3 Å². The molecule has 0 atom stereocenters. The first-order valence-electron chi connectivity index (χ1n) is 10.3. The number of carbonyl (C=O) groups excluding carboxylic acids is 1. The summed E-state index contributed by atoms with van der Waals surface area (Å²) in [5.74, 6) is -1.81. The van der Waals surface area contributed by atoms with E-state index in [1.165, 1.54) is 24.1 Å². The first-order valence-corrected chi connectivity index (χ1v) is 10.3. The Bertz CT molecular complexity index is 1420. The van der Waals surface area contributed by atoms with E-state index in [0.717, 1.165) is 23.9 Å². The predicted molar refractivity (Wildman–Crippen MR) is 120 cm³/mol. The number of anilines is 1. The number of aromatic nitrogens is 4. The fraction of sp³-hybridized carbons (Fsp3) is 0.174. The average molecular weight is 482 g/mol. The van der Waals surface area contributed by atoms with Crippen LogP contribution < -0.4 is 21.3 Å². The third-order valence-electron chi connectivity index (χ3n) is 4.99. The van der Waals surface area contributed by atoms with Crippen molar-refractivity contribution in [3.05, 3.63) is 99.6 Å². The molecular formula is C23H20F2N6O4. The van der Waals surface area contributed by atoms with E-state index < -0.39 is 17.5 Å². The average Bonchev–Trinajstić information content (AvgIpc) is 3.31. The van der Waals surface area contributed by atoms with Gasteiger partial charge >= 0.3 is 0 Å². The summed E-state index contributed by atoms with van der Waals surface area (Å²) in [5, 5.41) is 2.50. The third-order valence-corrected chi connectivity index (χ3v) is 4.99. The van der Waals surface area contributed by atoms with Gasteiger partial charge in [0, 0.05) is 18.5 Å². The molecule has 0 aliphatic heterocycles. The lowest BCUT2D eigenvalue weighted by atomic mass is 10.2. The minimum absolute atomic E-state index is 0.0455. The molecule has 0 bridgehead atoms. The van der Waals surface area contributed by atoms with Gasteiger partial charge in [-0.3, -0.25) is 19.6 Å². The molecule has 35 heavy (non-hydrogen) atoms. The Hall–Kier alpha value is -4.61. The minimum atomic E-state index is -0.760. The zero-order valence-electron chi connectivity index (χ0n) is 18.5. The van der Waals surface area contributed by atoms with Gasteiger partial charge in [0.25, 0.3) is 11.5 Å². The van der Waals surface area contributed by atoms with Crippen LogP contribution in [0.25, 0.3) is 0 Å². The van der Waals surface area contributed by atoms with Crippen molar-refractivity contribution >= 4 is 11.6 Å². The van der Waals surface area contributed by atoms with E-state index in [4.69, 9.17) is 14.9 Å². The molecule has 12 heteroatoms. The summed E-state index contributed by atoms with van der Waals surface area (Å²) in [6.45, 7) is -0.0906. The minimum Gasteiger partial charge on any atom is -0.491 e. The number of hydrogen-bond acceptors (Lipinski definition) is 8. The van der Waals surface area contributed by atoms with E-state index in [0.29, 0.717) is 5.69 Å². The number of hydrogen-bond donors (Lipinski definition) is 2. The first-order chi connectivity index (χ1) is 16.8. The normalized spacial score (nSPS) is 10.8. The molecule has 0 radical (unpaired) electrons. The molecule has 4 aromatic heterocycles. The highest BCUT2D eigenvalue weighted by Crippen LogP contribution is 2.25. The molecule has 3 N–H and O–H groups in total. The lowest BCUT2D eigenvalue weighted by Crippen LogP contribution is -2.23. The van der Waals surface area contributed by atoms with Crippen LogP contribution in [0.1, 0.15) is 33.4 Å². The molecule has 0 saturated heterocycles. The molecule has 0 saturated carbocycles. The zero-order chi connectivity index (χ0) is 24.9. The molecule has 0 aliphatic carbocycles. The van der Waals surface area contributed by atoms with Crippen molar-refractivity contribution < 1.29 is 22.7 Å². The van der Waals surface area contributed by atoms with Crippen LogP contribution in [0.15, 0.2) is 58.3 Å². The summed E-state index contributed by atoms with van der Waals surface area (Å²) in [6, 6.07) is 5.72. The van der Waals surface area contributed by atoms with Gasteiger partial charge in [0.05, 0.1) is 56.1 Å². The second-order valence-electron chi connectivity index (χ2n) is 7.46. The SMILES string of the molecule is COc1c(N)cnc(CNC(=O)c2cnc(Cc3ccc(Cn4cc(F)ccc4=O)nc3)o2)c1F. The van der Waals surface area contributed by atoms with Gasteiger partial charge in [-0.1, -0.05) is 6.07 Å². The van der Waals surface area contributed by atoms with Gasteiger partial charge < -0.3 is 24.8 Å². The molecule has 4 aromatic rings. The third kappa shape index (κ3) is 5.49. The van der Waals surface area contributed by atoms with Crippen molar-refractivity contribution in [3.63, 3.8) is 0 Å². The van der Waals surface area contributed by atoms with Crippen LogP contribution in [0, 0.1) is 11.6 Å². The standard InChI is InChI=1S/C23H20F2N6O4/c1-34-22-16(26)8-28-17(21(22)25)9-30-23(33)18-10-29-19(35-18)6-13-2-4-15(27-7-13)12-31-11-14(24)3-5-20(31)32/h2-5,7-8,10-11H,6,9,12,26H2,1H3,(H,30,33). The summed E-state index contributed by atoms with van der Waals surface area (Å²) in [7, 11) is 1.28. The Balaban J connectivity index is 1.36. The van der Waals surface area contributed by atoms with E-state index in [9.17, 15) is 18.4 Å². The van der Waals surface area contributed by atoms with Crippen LogP contribution >= 0.6 is 0 Å². The molecular weight excluding hydrogens is 462 g/mol. The molecule has 0 unspecified atom stereocenters. The monoisotopic (exact) mass is 482 g/mol. The Morgan fingerprint density at radius 2 is 1.97 bits per heavy atom. The largest absolute Gasteiger partial charge is 0.491 e. The second-order valence-corrected chi connectivity index (χ2v) is 7.46. The van der Waals surface area contributed by atoms with Crippen molar-refractivity contribution in [2.75, 3.05) is 12.8 Å². The molecule has 1 amide bonds. The summed E-state index contributed by atoms with van der Waals surface area (Å²) >= 11 is 0. The van der Waals surface area contributed by atoms with Crippen LogP contribution in [0.4, 0.5) is 14.5 Å². The molecule has 0 aliphatic rings. The molecule has 0 spiro atoms. The van der Waals surface area contributed by atoms with E-state index in [2.05, 4.69) is 20.3 Å². The summed E-state index contributed by atoms with van der Waals surface area (Å²) in [4.78, 5) is 36.4. The lowest BCUT2D eigenvalue weighted by molar-refractivity contribution is 0.0920. The van der Waals surface area contributed by atoms with Crippen molar-refractivity contribution in [1.82, 2.24) is 24.8 Å². The van der Waals surface area contributed by atoms with Crippen LogP contribution in [0.5, 0.6) is 5.75 Å². The highest BCUT2D eigenvalue weighted by atomic mass is 19.1. The Morgan fingerprint density at radius 3 is 2.71 bits per heavy atom. The molecule has 0 aromatic carbocycles. The number of nitrogens with one attached hydrogen (secondary N) is 1. The number of carbonyl (C=O) groups is 1. The number of nitrogens with two attached hydrogens (primary N) is 1. The highest BCUT2D eigenvalue weighted by Gasteiger charge is 2.17. The van der Waals surface area contributed by atoms with Crippen molar-refractivity contribution in [3.8, 4) is 5.75 Å². The second kappa shape index (κ2) is 10.1. The summed E-state index contributed by atoms with van der Waals surface area (Å²) < 4.78 is 39.3. The number of oxazole rings is 1. The topological polar surface area (TPSA) is 138 Å². The highest BCUT2D eigenvalue weighted by molar-refractivity contribution is 5.91. The van der Waals surface area contributed by atoms with Crippen LogP contribution in [-0.2, 0) is 19.5 Å². The first kappa shape index (κ1) is 23.5. The fourth-order valence-electron chi connectivity index (χ4n) is 3.23. The maximum absolute atomic E-state index is 14.3. The summed E-state index contributed by atoms with van der Waals surface area (Å²) in [5.41, 5.74) is 6.57. The molecule has 10 nitrogen and oxygen atoms in total. The Kier molecular flexibility index (Phi) is 6.81. The van der Waals surface area contributed by atoms with Crippen LogP contribution in [0.3, 0.4) is 0 Å². The zero-order valence-corrected chi connectivity index (χ0v) is 18.5. The number of methoxy groups -OCH3 is 1. The maximum atomic E-state index is 14.3. The maximum Gasteiger partial charge on any atom is 0.289 e. The van der Waals surface area contributed by atoms with E-state index in [1.807, 2.05) is 0 Å². The molecule has 4 rings (SSSR count). The Labute approximate surface area is 197 Å². The predicted octanol–water partition coefficient (Wildman–Crippen LogP) is 2.06. The van der Waals surface area contributed by atoms with Crippen molar-refractivity contribution in [2.24, 2.45) is 0 Å². The fourth-order valence-corrected chi connectivity index (χ4v) is 3.23. The number of rotatable bonds is 8. The number of nitrogen functional groups attached to an aromatic ring is 1. The number of pyridine rings is 3. The number of amides is 1. The van der Waals surface area contributed by atoms with Gasteiger partial charge in [0.15, 0.2) is 17.5 Å². The Morgan fingerprint density at radius 1 is 1.14 bits per heavy atom. The van der Waals surface area contributed by atoms with E-state index >= 15 is 0 Å². The molecule has 4 heterocycles. The number of nitrogens with zero attached hydrogens (tertiary/aromatic N) is 4. The number of halogens is 2. The molecule has 180 valence electrons. The van der Waals surface area contributed by atoms with Gasteiger partial charge in [0.2, 0.25) is 5.76 Å². The quantitative estimate of drug-likeness (QED) is 0.389. The van der Waals surface area contributed by atoms with Gasteiger partial charge in [-0.25, -0.2) is 13.8 Å². The summed E-state index contributed by atoms with van der Waals surface area (Å²) in [6.07, 6.45) is 5.45. The van der Waals surface area contributed by atoms with Gasteiger partial charge in [0.1, 0.15) is 5.82 Å².